The molecule has 0 saturated heterocycles. The highest BCUT2D eigenvalue weighted by atomic mass is 79.9. The lowest BCUT2D eigenvalue weighted by Gasteiger charge is -2.06. The van der Waals surface area contributed by atoms with Gasteiger partial charge in [0.25, 0.3) is 6.43 Å². The molecule has 0 amide bonds. The Bertz CT molecular complexity index is 293. The molecule has 0 bridgehead atoms. The van der Waals surface area contributed by atoms with E-state index in [0.29, 0.717) is 16.8 Å². The Morgan fingerprint density at radius 2 is 2.31 bits per heavy atom. The molecule has 72 valence electrons. The van der Waals surface area contributed by atoms with Crippen LogP contribution in [0.25, 0.3) is 0 Å². The van der Waals surface area contributed by atoms with Crippen LogP contribution < -0.4 is 4.74 Å². The molecule has 2 nitrogen and oxygen atoms in total. The second-order valence-corrected chi connectivity index (χ2v) is 2.91. The van der Waals surface area contributed by atoms with E-state index in [1.165, 1.54) is 13.2 Å². The van der Waals surface area contributed by atoms with Crippen LogP contribution in [0.2, 0.25) is 0 Å². The van der Waals surface area contributed by atoms with Crippen molar-refractivity contribution in [2.75, 3.05) is 7.11 Å². The van der Waals surface area contributed by atoms with E-state index in [0.717, 1.165) is 6.20 Å². The smallest absolute Gasteiger partial charge is 0.265 e. The fourth-order valence-electron chi connectivity index (χ4n) is 0.884. The van der Waals surface area contributed by atoms with Crippen LogP contribution in [0.5, 0.6) is 5.75 Å². The number of rotatable bonds is 3. The Morgan fingerprint density at radius 1 is 1.62 bits per heavy atom. The predicted octanol–water partition coefficient (Wildman–Crippen LogP) is 2.92. The van der Waals surface area contributed by atoms with Gasteiger partial charge in [-0.05, 0) is 6.07 Å². The molecule has 0 atom stereocenters. The predicted molar refractivity (Wildman–Crippen MR) is 48.4 cm³/mol. The third kappa shape index (κ3) is 2.37. The number of halogens is 3. The van der Waals surface area contributed by atoms with Crippen molar-refractivity contribution in [1.29, 1.82) is 0 Å². The molecule has 0 N–H and O–H groups in total. The first-order valence-corrected chi connectivity index (χ1v) is 4.68. The third-order valence-electron chi connectivity index (χ3n) is 1.55. The lowest BCUT2D eigenvalue weighted by molar-refractivity contribution is 0.150. The van der Waals surface area contributed by atoms with E-state index < -0.39 is 6.43 Å². The van der Waals surface area contributed by atoms with Crippen molar-refractivity contribution < 1.29 is 13.5 Å². The standard InChI is InChI=1S/C8H8BrF2NO/c1-13-7-2-5(8(10)11)4-12-6(7)3-9/h2,4,8H,3H2,1H3. The first-order chi connectivity index (χ1) is 6.19. The van der Waals surface area contributed by atoms with E-state index in [-0.39, 0.29) is 5.56 Å². The summed E-state index contributed by atoms with van der Waals surface area (Å²) >= 11 is 3.18. The van der Waals surface area contributed by atoms with Crippen molar-refractivity contribution in [2.45, 2.75) is 11.8 Å². The number of ether oxygens (including phenoxy) is 1. The summed E-state index contributed by atoms with van der Waals surface area (Å²) in [6.45, 7) is 0. The van der Waals surface area contributed by atoms with Crippen LogP contribution in [0.1, 0.15) is 17.7 Å². The number of aromatic nitrogens is 1. The minimum Gasteiger partial charge on any atom is -0.495 e. The zero-order chi connectivity index (χ0) is 9.84. The third-order valence-corrected chi connectivity index (χ3v) is 2.08. The molecular weight excluding hydrogens is 244 g/mol. The maximum Gasteiger partial charge on any atom is 0.265 e. The van der Waals surface area contributed by atoms with Gasteiger partial charge in [0, 0.05) is 17.1 Å². The van der Waals surface area contributed by atoms with Crippen LogP contribution in [-0.2, 0) is 5.33 Å². The molecule has 0 aliphatic rings. The van der Waals surface area contributed by atoms with Crippen molar-refractivity contribution in [3.63, 3.8) is 0 Å². The van der Waals surface area contributed by atoms with Gasteiger partial charge in [-0.15, -0.1) is 0 Å². The van der Waals surface area contributed by atoms with E-state index in [9.17, 15) is 8.78 Å². The van der Waals surface area contributed by atoms with Gasteiger partial charge in [0.2, 0.25) is 0 Å². The van der Waals surface area contributed by atoms with Crippen LogP contribution in [0.3, 0.4) is 0 Å². The second-order valence-electron chi connectivity index (χ2n) is 2.35. The Kier molecular flexibility index (Phi) is 3.59. The SMILES string of the molecule is COc1cc(C(F)F)cnc1CBr. The Morgan fingerprint density at radius 3 is 2.77 bits per heavy atom. The lowest BCUT2D eigenvalue weighted by atomic mass is 10.2. The van der Waals surface area contributed by atoms with Crippen molar-refractivity contribution in [3.8, 4) is 5.75 Å². The molecule has 0 saturated carbocycles. The minimum absolute atomic E-state index is 0.124. The first-order valence-electron chi connectivity index (χ1n) is 3.56. The van der Waals surface area contributed by atoms with Crippen LogP contribution in [0, 0.1) is 0 Å². The summed E-state index contributed by atoms with van der Waals surface area (Å²) in [5.74, 6) is 0.384. The molecule has 0 aliphatic heterocycles. The fourth-order valence-corrected chi connectivity index (χ4v) is 1.31. The minimum atomic E-state index is -2.51. The van der Waals surface area contributed by atoms with Crippen LogP contribution in [0.15, 0.2) is 12.3 Å². The van der Waals surface area contributed by atoms with E-state index in [4.69, 9.17) is 4.74 Å². The van der Waals surface area contributed by atoms with Crippen LogP contribution in [0.4, 0.5) is 8.78 Å². The molecule has 0 fully saturated rings. The highest BCUT2D eigenvalue weighted by Gasteiger charge is 2.11. The quantitative estimate of drug-likeness (QED) is 0.771. The van der Waals surface area contributed by atoms with E-state index in [1.54, 1.807) is 0 Å². The average Bonchev–Trinajstić information content (AvgIpc) is 2.16. The molecule has 0 aliphatic carbocycles. The van der Waals surface area contributed by atoms with Gasteiger partial charge in [-0.2, -0.15) is 0 Å². The summed E-state index contributed by atoms with van der Waals surface area (Å²) in [6.07, 6.45) is -1.35. The van der Waals surface area contributed by atoms with Gasteiger partial charge in [0.05, 0.1) is 12.8 Å². The van der Waals surface area contributed by atoms with Crippen LogP contribution >= 0.6 is 15.9 Å². The number of pyridine rings is 1. The molecule has 1 aromatic rings. The number of nitrogens with zero attached hydrogens (tertiary/aromatic N) is 1. The highest BCUT2D eigenvalue weighted by Crippen LogP contribution is 2.25. The number of hydrogen-bond acceptors (Lipinski definition) is 2. The van der Waals surface area contributed by atoms with E-state index in [2.05, 4.69) is 20.9 Å². The highest BCUT2D eigenvalue weighted by molar-refractivity contribution is 9.08. The lowest BCUT2D eigenvalue weighted by Crippen LogP contribution is -1.95. The summed E-state index contributed by atoms with van der Waals surface area (Å²) in [5.41, 5.74) is 0.494. The van der Waals surface area contributed by atoms with E-state index in [1.807, 2.05) is 0 Å². The van der Waals surface area contributed by atoms with Gasteiger partial charge in [-0.25, -0.2) is 8.78 Å². The Labute approximate surface area is 83.1 Å². The van der Waals surface area contributed by atoms with E-state index >= 15 is 0 Å². The molecule has 0 aromatic carbocycles. The normalized spacial score (nSPS) is 10.5. The van der Waals surface area contributed by atoms with Gasteiger partial charge in [0.15, 0.2) is 0 Å². The van der Waals surface area contributed by atoms with Crippen molar-refractivity contribution >= 4 is 15.9 Å². The first kappa shape index (κ1) is 10.4. The maximum atomic E-state index is 12.2. The molecule has 0 unspecified atom stereocenters. The summed E-state index contributed by atoms with van der Waals surface area (Å²) < 4.78 is 29.3. The number of alkyl halides is 3. The van der Waals surface area contributed by atoms with Gasteiger partial charge in [-0.1, -0.05) is 15.9 Å². The summed E-state index contributed by atoms with van der Waals surface area (Å²) in [4.78, 5) is 3.84. The molecular formula is C8H8BrF2NO. The molecule has 1 rings (SSSR count). The summed E-state index contributed by atoms with van der Waals surface area (Å²) in [7, 11) is 1.43. The molecule has 0 radical (unpaired) electrons. The molecule has 1 heterocycles. The molecule has 1 aromatic heterocycles. The fraction of sp³-hybridized carbons (Fsp3) is 0.375. The van der Waals surface area contributed by atoms with Gasteiger partial charge in [-0.3, -0.25) is 4.98 Å². The zero-order valence-corrected chi connectivity index (χ0v) is 8.51. The zero-order valence-electron chi connectivity index (χ0n) is 6.93. The second kappa shape index (κ2) is 4.50. The largest absolute Gasteiger partial charge is 0.495 e. The van der Waals surface area contributed by atoms with Gasteiger partial charge < -0.3 is 4.74 Å². The monoisotopic (exact) mass is 251 g/mol. The molecule has 0 spiro atoms. The maximum absolute atomic E-state index is 12.2. The van der Waals surface area contributed by atoms with Crippen molar-refractivity contribution in [3.05, 3.63) is 23.5 Å². The molecule has 13 heavy (non-hydrogen) atoms. The summed E-state index contributed by atoms with van der Waals surface area (Å²) in [6, 6.07) is 1.30. The summed E-state index contributed by atoms with van der Waals surface area (Å²) in [5, 5.41) is 0.486. The van der Waals surface area contributed by atoms with Crippen molar-refractivity contribution in [2.24, 2.45) is 0 Å². The number of methoxy groups -OCH3 is 1. The van der Waals surface area contributed by atoms with Gasteiger partial charge >= 0.3 is 0 Å². The average molecular weight is 252 g/mol. The topological polar surface area (TPSA) is 22.1 Å². The Balaban J connectivity index is 3.05. The van der Waals surface area contributed by atoms with Crippen LogP contribution in [-0.4, -0.2) is 12.1 Å². The molecule has 5 heteroatoms. The van der Waals surface area contributed by atoms with Crippen molar-refractivity contribution in [1.82, 2.24) is 4.98 Å². The Hall–Kier alpha value is -0.710. The van der Waals surface area contributed by atoms with Gasteiger partial charge in [0.1, 0.15) is 5.75 Å². The number of hydrogen-bond donors (Lipinski definition) is 0.